The largest absolute Gasteiger partial charge is 0.506 e. The van der Waals surface area contributed by atoms with Crippen LogP contribution in [0, 0.1) is 0 Å². The summed E-state index contributed by atoms with van der Waals surface area (Å²) in [5.41, 5.74) is 0.234. The third-order valence-corrected chi connectivity index (χ3v) is 4.56. The highest BCUT2D eigenvalue weighted by Crippen LogP contribution is 2.28. The molecular weight excluding hydrogens is 274 g/mol. The van der Waals surface area contributed by atoms with Crippen LogP contribution >= 0.6 is 0 Å². The molecule has 0 bridgehead atoms. The molecule has 2 rings (SSSR count). The van der Waals surface area contributed by atoms with Crippen molar-refractivity contribution in [2.24, 2.45) is 0 Å². The second-order valence-corrected chi connectivity index (χ2v) is 6.50. The van der Waals surface area contributed by atoms with E-state index in [2.05, 4.69) is 5.32 Å². The van der Waals surface area contributed by atoms with Crippen molar-refractivity contribution in [1.82, 2.24) is 5.32 Å². The molecule has 106 valence electrons. The molecule has 2 aromatic rings. The van der Waals surface area contributed by atoms with Gasteiger partial charge >= 0.3 is 0 Å². The van der Waals surface area contributed by atoms with Crippen LogP contribution in [-0.2, 0) is 10.8 Å². The fourth-order valence-electron chi connectivity index (χ4n) is 1.89. The number of rotatable bonds is 4. The molecule has 0 spiro atoms. The van der Waals surface area contributed by atoms with Gasteiger partial charge in [-0.25, -0.2) is 0 Å². The van der Waals surface area contributed by atoms with Crippen molar-refractivity contribution in [3.63, 3.8) is 0 Å². The minimum absolute atomic E-state index is 0.0223. The summed E-state index contributed by atoms with van der Waals surface area (Å²) in [5, 5.41) is 14.3. The highest BCUT2D eigenvalue weighted by Gasteiger charge is 2.15. The Morgan fingerprint density at radius 2 is 2.00 bits per heavy atom. The Labute approximate surface area is 120 Å². The zero-order chi connectivity index (χ0) is 14.7. The number of hydrogen-bond donors (Lipinski definition) is 2. The molecule has 0 aromatic heterocycles. The molecule has 0 fully saturated rings. The SMILES string of the molecule is CC(CNC(=O)c1ccc2ccccc2c1O)S(C)=O. The molecule has 2 aromatic carbocycles. The van der Waals surface area contributed by atoms with E-state index < -0.39 is 10.8 Å². The summed E-state index contributed by atoms with van der Waals surface area (Å²) < 4.78 is 11.2. The maximum atomic E-state index is 12.1. The number of phenols is 1. The monoisotopic (exact) mass is 291 g/mol. The average Bonchev–Trinajstić information content (AvgIpc) is 2.45. The first-order valence-corrected chi connectivity index (χ1v) is 7.94. The van der Waals surface area contributed by atoms with Crippen LogP contribution in [0.3, 0.4) is 0 Å². The number of carbonyl (C=O) groups excluding carboxylic acids is 1. The van der Waals surface area contributed by atoms with Crippen molar-refractivity contribution < 1.29 is 14.1 Å². The van der Waals surface area contributed by atoms with Crippen molar-refractivity contribution in [2.45, 2.75) is 12.2 Å². The van der Waals surface area contributed by atoms with Crippen LogP contribution in [0.4, 0.5) is 0 Å². The Bertz CT molecular complexity index is 669. The number of nitrogens with one attached hydrogen (secondary N) is 1. The molecule has 0 saturated heterocycles. The lowest BCUT2D eigenvalue weighted by atomic mass is 10.0. The fourth-order valence-corrected chi connectivity index (χ4v) is 2.21. The number of benzene rings is 2. The minimum atomic E-state index is -0.988. The van der Waals surface area contributed by atoms with Gasteiger partial charge in [0.2, 0.25) is 0 Å². The van der Waals surface area contributed by atoms with Gasteiger partial charge in [-0.05, 0) is 18.4 Å². The predicted octanol–water partition coefficient (Wildman–Crippen LogP) is 2.04. The van der Waals surface area contributed by atoms with E-state index in [1.54, 1.807) is 31.4 Å². The van der Waals surface area contributed by atoms with Gasteiger partial charge in [-0.1, -0.05) is 30.3 Å². The number of fused-ring (bicyclic) bond motifs is 1. The van der Waals surface area contributed by atoms with E-state index >= 15 is 0 Å². The summed E-state index contributed by atoms with van der Waals surface area (Å²) in [7, 11) is -0.988. The smallest absolute Gasteiger partial charge is 0.255 e. The van der Waals surface area contributed by atoms with Gasteiger partial charge in [0.05, 0.1) is 5.56 Å². The average molecular weight is 291 g/mol. The van der Waals surface area contributed by atoms with Gasteiger partial charge in [-0.2, -0.15) is 0 Å². The van der Waals surface area contributed by atoms with Crippen LogP contribution in [0.15, 0.2) is 36.4 Å². The second-order valence-electron chi connectivity index (χ2n) is 4.70. The first kappa shape index (κ1) is 14.5. The fraction of sp³-hybridized carbons (Fsp3) is 0.267. The van der Waals surface area contributed by atoms with Gasteiger partial charge in [-0.3, -0.25) is 9.00 Å². The molecule has 5 heteroatoms. The first-order valence-electron chi connectivity index (χ1n) is 6.32. The lowest BCUT2D eigenvalue weighted by molar-refractivity contribution is 0.0951. The van der Waals surface area contributed by atoms with Crippen molar-refractivity contribution in [1.29, 1.82) is 0 Å². The lowest BCUT2D eigenvalue weighted by Crippen LogP contribution is -2.32. The molecule has 20 heavy (non-hydrogen) atoms. The van der Waals surface area contributed by atoms with Crippen LogP contribution in [0.2, 0.25) is 0 Å². The molecular formula is C15H17NO3S. The van der Waals surface area contributed by atoms with Crippen LogP contribution in [-0.4, -0.2) is 33.3 Å². The van der Waals surface area contributed by atoms with E-state index in [4.69, 9.17) is 0 Å². The molecule has 0 heterocycles. The van der Waals surface area contributed by atoms with Crippen molar-refractivity contribution >= 4 is 27.5 Å². The molecule has 0 aliphatic carbocycles. The number of phenolic OH excluding ortho intramolecular Hbond substituents is 1. The van der Waals surface area contributed by atoms with E-state index in [0.29, 0.717) is 11.9 Å². The summed E-state index contributed by atoms with van der Waals surface area (Å²) in [4.78, 5) is 12.1. The van der Waals surface area contributed by atoms with Crippen LogP contribution in [0.5, 0.6) is 5.75 Å². The molecule has 2 atom stereocenters. The van der Waals surface area contributed by atoms with E-state index in [9.17, 15) is 14.1 Å². The molecule has 1 amide bonds. The topological polar surface area (TPSA) is 66.4 Å². The van der Waals surface area contributed by atoms with Gasteiger partial charge in [0.1, 0.15) is 5.75 Å². The van der Waals surface area contributed by atoms with E-state index in [1.165, 1.54) is 0 Å². The number of aromatic hydroxyl groups is 1. The number of carbonyl (C=O) groups is 1. The summed E-state index contributed by atoms with van der Waals surface area (Å²) in [6, 6.07) is 10.7. The van der Waals surface area contributed by atoms with Gasteiger partial charge in [0.15, 0.2) is 0 Å². The predicted molar refractivity (Wildman–Crippen MR) is 81.5 cm³/mol. The lowest BCUT2D eigenvalue weighted by Gasteiger charge is -2.11. The summed E-state index contributed by atoms with van der Waals surface area (Å²) in [6.45, 7) is 2.12. The van der Waals surface area contributed by atoms with Crippen molar-refractivity contribution in [2.75, 3.05) is 12.8 Å². The Morgan fingerprint density at radius 1 is 1.30 bits per heavy atom. The molecule has 2 unspecified atom stereocenters. The Morgan fingerprint density at radius 3 is 2.70 bits per heavy atom. The van der Waals surface area contributed by atoms with Gasteiger partial charge in [0, 0.05) is 34.2 Å². The van der Waals surface area contributed by atoms with E-state index in [1.807, 2.05) is 18.2 Å². The van der Waals surface area contributed by atoms with Gasteiger partial charge in [-0.15, -0.1) is 0 Å². The van der Waals surface area contributed by atoms with Gasteiger partial charge in [0.25, 0.3) is 5.91 Å². The number of amides is 1. The van der Waals surface area contributed by atoms with E-state index in [0.717, 1.165) is 5.39 Å². The highest BCUT2D eigenvalue weighted by atomic mass is 32.2. The molecule has 0 aliphatic heterocycles. The molecule has 2 N–H and O–H groups in total. The van der Waals surface area contributed by atoms with Crippen molar-refractivity contribution in [3.05, 3.63) is 42.0 Å². The second kappa shape index (κ2) is 6.05. The van der Waals surface area contributed by atoms with Crippen LogP contribution in [0.25, 0.3) is 10.8 Å². The summed E-state index contributed by atoms with van der Waals surface area (Å²) >= 11 is 0. The van der Waals surface area contributed by atoms with Crippen molar-refractivity contribution in [3.8, 4) is 5.75 Å². The summed E-state index contributed by atoms with van der Waals surface area (Å²) in [5.74, 6) is -0.378. The normalized spacial score (nSPS) is 13.9. The summed E-state index contributed by atoms with van der Waals surface area (Å²) in [6.07, 6.45) is 1.60. The zero-order valence-electron chi connectivity index (χ0n) is 11.4. The molecule has 0 aliphatic rings. The Hall–Kier alpha value is -1.88. The maximum absolute atomic E-state index is 12.1. The molecule has 0 radical (unpaired) electrons. The van der Waals surface area contributed by atoms with E-state index in [-0.39, 0.29) is 22.5 Å². The Kier molecular flexibility index (Phi) is 4.39. The molecule has 0 saturated carbocycles. The first-order chi connectivity index (χ1) is 9.50. The minimum Gasteiger partial charge on any atom is -0.506 e. The van der Waals surface area contributed by atoms with Crippen LogP contribution in [0.1, 0.15) is 17.3 Å². The highest BCUT2D eigenvalue weighted by molar-refractivity contribution is 7.84. The zero-order valence-corrected chi connectivity index (χ0v) is 12.2. The third-order valence-electron chi connectivity index (χ3n) is 3.26. The standard InChI is InChI=1S/C15H17NO3S/c1-10(20(2)19)9-16-15(18)13-8-7-11-5-3-4-6-12(11)14(13)17/h3-8,10,17H,9H2,1-2H3,(H,16,18). The maximum Gasteiger partial charge on any atom is 0.255 e. The third kappa shape index (κ3) is 2.99. The van der Waals surface area contributed by atoms with Crippen LogP contribution < -0.4 is 5.32 Å². The quantitative estimate of drug-likeness (QED) is 0.906. The molecule has 4 nitrogen and oxygen atoms in total. The van der Waals surface area contributed by atoms with Gasteiger partial charge < -0.3 is 10.4 Å². The Balaban J connectivity index is 2.22. The number of hydrogen-bond acceptors (Lipinski definition) is 3.